The van der Waals surface area contributed by atoms with Gasteiger partial charge in [-0.1, -0.05) is 0 Å². The molecule has 1 aliphatic rings. The number of hydrogen-bond acceptors (Lipinski definition) is 4. The zero-order valence-electron chi connectivity index (χ0n) is 13.0. The lowest BCUT2D eigenvalue weighted by molar-refractivity contribution is 0.0941. The first-order valence-corrected chi connectivity index (χ1v) is 7.59. The molecule has 1 atom stereocenters. The number of pyridine rings is 1. The molecule has 0 spiro atoms. The molecule has 0 bridgehead atoms. The van der Waals surface area contributed by atoms with Crippen molar-refractivity contribution in [3.05, 3.63) is 57.4 Å². The number of Topliss-reactive ketones (excluding diaryl/α,β-unsaturated/α-hetero) is 1. The van der Waals surface area contributed by atoms with Crippen LogP contribution in [0.4, 0.5) is 0 Å². The largest absolute Gasteiger partial charge is 0.469 e. The predicted molar refractivity (Wildman–Crippen MR) is 83.8 cm³/mol. The smallest absolute Gasteiger partial charge is 0.261 e. The molecule has 120 valence electrons. The molecule has 2 heterocycles. The van der Waals surface area contributed by atoms with Gasteiger partial charge in [-0.15, -0.1) is 0 Å². The van der Waals surface area contributed by atoms with Crippen LogP contribution in [0.3, 0.4) is 0 Å². The summed E-state index contributed by atoms with van der Waals surface area (Å²) < 4.78 is 5.36. The minimum Gasteiger partial charge on any atom is -0.469 e. The number of nitrogens with one attached hydrogen (secondary N) is 2. The van der Waals surface area contributed by atoms with Gasteiger partial charge in [0.15, 0.2) is 5.78 Å². The molecular weight excluding hydrogens is 296 g/mol. The lowest BCUT2D eigenvalue weighted by Crippen LogP contribution is -2.35. The number of aromatic amines is 1. The van der Waals surface area contributed by atoms with Crippen molar-refractivity contribution in [2.45, 2.75) is 38.6 Å². The van der Waals surface area contributed by atoms with Gasteiger partial charge in [0.1, 0.15) is 11.3 Å². The molecule has 0 saturated heterocycles. The molecule has 6 heteroatoms. The van der Waals surface area contributed by atoms with E-state index >= 15 is 0 Å². The zero-order valence-corrected chi connectivity index (χ0v) is 13.0. The van der Waals surface area contributed by atoms with Crippen LogP contribution in [-0.2, 0) is 6.42 Å². The van der Waals surface area contributed by atoms with E-state index in [1.54, 1.807) is 12.3 Å². The first-order chi connectivity index (χ1) is 11.0. The van der Waals surface area contributed by atoms with E-state index in [1.807, 2.05) is 19.9 Å². The van der Waals surface area contributed by atoms with Gasteiger partial charge in [0.05, 0.1) is 6.26 Å². The third-order valence-corrected chi connectivity index (χ3v) is 3.92. The average Bonchev–Trinajstić information content (AvgIpc) is 2.99. The number of rotatable bonds is 3. The Morgan fingerprint density at radius 3 is 2.78 bits per heavy atom. The van der Waals surface area contributed by atoms with Gasteiger partial charge in [0.2, 0.25) is 0 Å². The molecule has 0 fully saturated rings. The van der Waals surface area contributed by atoms with E-state index in [-0.39, 0.29) is 23.3 Å². The second-order valence-corrected chi connectivity index (χ2v) is 6.08. The third kappa shape index (κ3) is 2.97. The highest BCUT2D eigenvalue weighted by atomic mass is 16.3. The molecule has 6 nitrogen and oxygen atoms in total. The van der Waals surface area contributed by atoms with Gasteiger partial charge in [0, 0.05) is 29.6 Å². The summed E-state index contributed by atoms with van der Waals surface area (Å²) >= 11 is 0. The van der Waals surface area contributed by atoms with Gasteiger partial charge in [-0.25, -0.2) is 0 Å². The van der Waals surface area contributed by atoms with Crippen LogP contribution in [-0.4, -0.2) is 22.7 Å². The van der Waals surface area contributed by atoms with Crippen LogP contribution < -0.4 is 10.9 Å². The summed E-state index contributed by atoms with van der Waals surface area (Å²) in [4.78, 5) is 39.3. The van der Waals surface area contributed by atoms with Gasteiger partial charge in [-0.2, -0.15) is 0 Å². The van der Waals surface area contributed by atoms with Gasteiger partial charge in [0.25, 0.3) is 11.5 Å². The second kappa shape index (κ2) is 5.87. The monoisotopic (exact) mass is 314 g/mol. The Balaban J connectivity index is 1.96. The highest BCUT2D eigenvalue weighted by molar-refractivity contribution is 6.02. The lowest BCUT2D eigenvalue weighted by Gasteiger charge is -2.22. The molecule has 0 unspecified atom stereocenters. The summed E-state index contributed by atoms with van der Waals surface area (Å²) in [5.41, 5.74) is 0.479. The maximum absolute atomic E-state index is 12.4. The van der Waals surface area contributed by atoms with Crippen molar-refractivity contribution < 1.29 is 14.0 Å². The van der Waals surface area contributed by atoms with Crippen molar-refractivity contribution in [2.24, 2.45) is 0 Å². The fraction of sp³-hybridized carbons (Fsp3) is 0.353. The predicted octanol–water partition coefficient (Wildman–Crippen LogP) is 2.02. The Kier molecular flexibility index (Phi) is 3.90. The van der Waals surface area contributed by atoms with Crippen LogP contribution in [0.15, 0.2) is 33.7 Å². The average molecular weight is 314 g/mol. The molecular formula is C17H18N2O4. The molecule has 0 saturated carbocycles. The van der Waals surface area contributed by atoms with E-state index in [2.05, 4.69) is 10.3 Å². The lowest BCUT2D eigenvalue weighted by atomic mass is 9.84. The number of furan rings is 1. The quantitative estimate of drug-likeness (QED) is 0.906. The van der Waals surface area contributed by atoms with Crippen LogP contribution in [0.5, 0.6) is 0 Å². The normalized spacial score (nSPS) is 17.2. The SMILES string of the molecule is CC(C)NC(=O)c1cc2c([nH]c1=O)C[C@@H](c1ccco1)CC2=O. The van der Waals surface area contributed by atoms with Gasteiger partial charge in [-0.05, 0) is 38.5 Å². The maximum atomic E-state index is 12.4. The minimum atomic E-state index is -0.477. The number of carbonyl (C=O) groups is 2. The van der Waals surface area contributed by atoms with Gasteiger partial charge < -0.3 is 14.7 Å². The van der Waals surface area contributed by atoms with E-state index in [1.165, 1.54) is 6.07 Å². The highest BCUT2D eigenvalue weighted by Gasteiger charge is 2.30. The van der Waals surface area contributed by atoms with Crippen molar-refractivity contribution >= 4 is 11.7 Å². The van der Waals surface area contributed by atoms with Gasteiger partial charge in [-0.3, -0.25) is 14.4 Å². The van der Waals surface area contributed by atoms with Crippen LogP contribution in [0.1, 0.15) is 58.4 Å². The van der Waals surface area contributed by atoms with Gasteiger partial charge >= 0.3 is 0 Å². The third-order valence-electron chi connectivity index (χ3n) is 3.92. The minimum absolute atomic E-state index is 0.0257. The number of H-pyrrole nitrogens is 1. The fourth-order valence-corrected chi connectivity index (χ4v) is 2.86. The topological polar surface area (TPSA) is 92.2 Å². The van der Waals surface area contributed by atoms with Crippen molar-refractivity contribution in [2.75, 3.05) is 0 Å². The zero-order chi connectivity index (χ0) is 16.6. The molecule has 2 aromatic heterocycles. The summed E-state index contributed by atoms with van der Waals surface area (Å²) in [6.07, 6.45) is 2.38. The number of amides is 1. The van der Waals surface area contributed by atoms with Crippen LogP contribution >= 0.6 is 0 Å². The van der Waals surface area contributed by atoms with Crippen LogP contribution in [0.2, 0.25) is 0 Å². The van der Waals surface area contributed by atoms with Crippen molar-refractivity contribution in [3.63, 3.8) is 0 Å². The molecule has 1 aliphatic carbocycles. The summed E-state index contributed by atoms with van der Waals surface area (Å²) in [7, 11) is 0. The molecule has 1 amide bonds. The van der Waals surface area contributed by atoms with Crippen molar-refractivity contribution in [1.82, 2.24) is 10.3 Å². The number of aromatic nitrogens is 1. The Morgan fingerprint density at radius 1 is 1.35 bits per heavy atom. The first-order valence-electron chi connectivity index (χ1n) is 7.59. The molecule has 0 aromatic carbocycles. The number of ketones is 1. The van der Waals surface area contributed by atoms with Crippen molar-refractivity contribution in [1.29, 1.82) is 0 Å². The van der Waals surface area contributed by atoms with E-state index in [0.29, 0.717) is 24.1 Å². The molecule has 2 N–H and O–H groups in total. The van der Waals surface area contributed by atoms with Crippen LogP contribution in [0, 0.1) is 0 Å². The molecule has 3 rings (SSSR count). The number of hydrogen-bond donors (Lipinski definition) is 2. The second-order valence-electron chi connectivity index (χ2n) is 6.08. The Morgan fingerprint density at radius 2 is 2.13 bits per heavy atom. The van der Waals surface area contributed by atoms with Crippen LogP contribution in [0.25, 0.3) is 0 Å². The number of fused-ring (bicyclic) bond motifs is 1. The molecule has 2 aromatic rings. The Labute approximate surface area is 132 Å². The first kappa shape index (κ1) is 15.3. The highest BCUT2D eigenvalue weighted by Crippen LogP contribution is 2.31. The summed E-state index contributed by atoms with van der Waals surface area (Å²) in [6, 6.07) is 4.92. The molecule has 23 heavy (non-hydrogen) atoms. The molecule has 0 aliphatic heterocycles. The van der Waals surface area contributed by atoms with E-state index in [9.17, 15) is 14.4 Å². The molecule has 0 radical (unpaired) electrons. The number of carbonyl (C=O) groups excluding carboxylic acids is 2. The van der Waals surface area contributed by atoms with E-state index < -0.39 is 11.5 Å². The summed E-state index contributed by atoms with van der Waals surface area (Å²) in [6.45, 7) is 3.62. The Bertz CT molecular complexity index is 802. The maximum Gasteiger partial charge on any atom is 0.261 e. The van der Waals surface area contributed by atoms with Crippen molar-refractivity contribution in [3.8, 4) is 0 Å². The fourth-order valence-electron chi connectivity index (χ4n) is 2.86. The van der Waals surface area contributed by atoms with E-state index in [4.69, 9.17) is 4.42 Å². The Hall–Kier alpha value is -2.63. The summed E-state index contributed by atoms with van der Waals surface area (Å²) in [5.74, 6) is 0.0787. The summed E-state index contributed by atoms with van der Waals surface area (Å²) in [5, 5.41) is 2.67. The van der Waals surface area contributed by atoms with E-state index in [0.717, 1.165) is 5.76 Å². The standard InChI is InChI=1S/C17H18N2O4/c1-9(2)18-16(21)12-8-11-13(19-17(12)22)6-10(7-14(11)20)15-4-3-5-23-15/h3-5,8-10H,6-7H2,1-2H3,(H,18,21)(H,19,22)/t10-/m1/s1.